The Morgan fingerprint density at radius 2 is 1.85 bits per heavy atom. The molecule has 0 radical (unpaired) electrons. The van der Waals surface area contributed by atoms with Crippen LogP contribution in [0.25, 0.3) is 0 Å². The summed E-state index contributed by atoms with van der Waals surface area (Å²) in [5.41, 5.74) is 1.34. The second-order valence-corrected chi connectivity index (χ2v) is 6.80. The van der Waals surface area contributed by atoms with Crippen molar-refractivity contribution in [3.63, 3.8) is 0 Å². The summed E-state index contributed by atoms with van der Waals surface area (Å²) in [7, 11) is 0. The van der Waals surface area contributed by atoms with E-state index >= 15 is 0 Å². The normalized spacial score (nSPS) is 17.4. The van der Waals surface area contributed by atoms with E-state index in [1.807, 2.05) is 6.07 Å². The molecule has 2 rings (SSSR count). The quantitative estimate of drug-likeness (QED) is 0.529. The van der Waals surface area contributed by atoms with Gasteiger partial charge in [-0.25, -0.2) is 4.79 Å². The Balaban J connectivity index is 1.76. The van der Waals surface area contributed by atoms with E-state index < -0.39 is 18.2 Å². The van der Waals surface area contributed by atoms with Gasteiger partial charge in [0.1, 0.15) is 0 Å². The van der Waals surface area contributed by atoms with E-state index in [4.69, 9.17) is 9.47 Å². The highest BCUT2D eigenvalue weighted by atomic mass is 16.6. The van der Waals surface area contributed by atoms with Gasteiger partial charge in [-0.15, -0.1) is 6.58 Å². The Labute approximate surface area is 156 Å². The highest BCUT2D eigenvalue weighted by Crippen LogP contribution is 2.22. The number of carbonyl (C=O) groups excluding carboxylic acids is 2. The number of carbonyl (C=O) groups is 2. The van der Waals surface area contributed by atoms with Crippen molar-refractivity contribution < 1.29 is 19.1 Å². The standard InChI is InChI=1S/C21H29NO4/c1-4-14-25-17(3)21(24)26-16(2)20(23)22-12-10-19(11-13-22)15-18-8-6-5-7-9-18/h4-9,16-17,19H,1,10-15H2,2-3H3. The largest absolute Gasteiger partial charge is 0.451 e. The first-order valence-corrected chi connectivity index (χ1v) is 9.27. The van der Waals surface area contributed by atoms with Crippen LogP contribution in [-0.4, -0.2) is 48.7 Å². The summed E-state index contributed by atoms with van der Waals surface area (Å²) in [5, 5.41) is 0. The van der Waals surface area contributed by atoms with Crippen LogP contribution in [0.2, 0.25) is 0 Å². The van der Waals surface area contributed by atoms with Gasteiger partial charge in [-0.05, 0) is 44.6 Å². The van der Waals surface area contributed by atoms with Crippen LogP contribution < -0.4 is 0 Å². The Morgan fingerprint density at radius 3 is 2.46 bits per heavy atom. The average Bonchev–Trinajstić information content (AvgIpc) is 2.66. The second-order valence-electron chi connectivity index (χ2n) is 6.80. The van der Waals surface area contributed by atoms with E-state index in [-0.39, 0.29) is 12.5 Å². The molecule has 1 saturated heterocycles. The number of amides is 1. The smallest absolute Gasteiger partial charge is 0.335 e. The predicted octanol–water partition coefficient (Wildman–Crippen LogP) is 2.99. The fourth-order valence-corrected chi connectivity index (χ4v) is 3.16. The van der Waals surface area contributed by atoms with Gasteiger partial charge in [-0.1, -0.05) is 36.4 Å². The third-order valence-electron chi connectivity index (χ3n) is 4.73. The molecule has 1 amide bonds. The number of ether oxygens (including phenoxy) is 2. The van der Waals surface area contributed by atoms with Crippen LogP contribution in [0.3, 0.4) is 0 Å². The first-order chi connectivity index (χ1) is 12.5. The van der Waals surface area contributed by atoms with Crippen molar-refractivity contribution in [3.8, 4) is 0 Å². The number of piperidine rings is 1. The summed E-state index contributed by atoms with van der Waals surface area (Å²) in [6, 6.07) is 10.4. The molecular formula is C21H29NO4. The Bertz CT molecular complexity index is 593. The summed E-state index contributed by atoms with van der Waals surface area (Å²) in [6.45, 7) is 8.46. The maximum absolute atomic E-state index is 12.5. The molecular weight excluding hydrogens is 330 g/mol. The molecule has 5 nitrogen and oxygen atoms in total. The van der Waals surface area contributed by atoms with Crippen LogP contribution in [0.1, 0.15) is 32.3 Å². The number of benzene rings is 1. The molecule has 0 saturated carbocycles. The second kappa shape index (κ2) is 10.1. The summed E-state index contributed by atoms with van der Waals surface area (Å²) in [6.07, 6.45) is 3.06. The SMILES string of the molecule is C=CCOC(C)C(=O)OC(C)C(=O)N1CCC(Cc2ccccc2)CC1. The number of nitrogens with zero attached hydrogens (tertiary/aromatic N) is 1. The van der Waals surface area contributed by atoms with Crippen molar-refractivity contribution in [2.24, 2.45) is 5.92 Å². The molecule has 0 aliphatic carbocycles. The molecule has 1 aromatic carbocycles. The van der Waals surface area contributed by atoms with Gasteiger partial charge >= 0.3 is 5.97 Å². The zero-order valence-electron chi connectivity index (χ0n) is 15.7. The first kappa shape index (κ1) is 20.2. The third-order valence-corrected chi connectivity index (χ3v) is 4.73. The minimum absolute atomic E-state index is 0.132. The van der Waals surface area contributed by atoms with Crippen LogP contribution in [0.5, 0.6) is 0 Å². The molecule has 0 spiro atoms. The minimum Gasteiger partial charge on any atom is -0.451 e. The van der Waals surface area contributed by atoms with Crippen LogP contribution >= 0.6 is 0 Å². The molecule has 142 valence electrons. The van der Waals surface area contributed by atoms with Gasteiger partial charge < -0.3 is 14.4 Å². The zero-order chi connectivity index (χ0) is 18.9. The van der Waals surface area contributed by atoms with E-state index in [9.17, 15) is 9.59 Å². The lowest BCUT2D eigenvalue weighted by atomic mass is 9.90. The van der Waals surface area contributed by atoms with E-state index in [1.165, 1.54) is 5.56 Å². The molecule has 0 bridgehead atoms. The molecule has 2 atom stereocenters. The number of likely N-dealkylation sites (tertiary alicyclic amines) is 1. The fourth-order valence-electron chi connectivity index (χ4n) is 3.16. The maximum atomic E-state index is 12.5. The monoisotopic (exact) mass is 359 g/mol. The Kier molecular flexibility index (Phi) is 7.85. The number of hydrogen-bond acceptors (Lipinski definition) is 4. The lowest BCUT2D eigenvalue weighted by Gasteiger charge is -2.33. The van der Waals surface area contributed by atoms with Crippen molar-refractivity contribution in [1.29, 1.82) is 0 Å². The van der Waals surface area contributed by atoms with Crippen LogP contribution in [0.4, 0.5) is 0 Å². The molecule has 1 heterocycles. The van der Waals surface area contributed by atoms with Crippen molar-refractivity contribution >= 4 is 11.9 Å². The molecule has 0 aromatic heterocycles. The molecule has 5 heteroatoms. The molecule has 1 aromatic rings. The molecule has 1 fully saturated rings. The van der Waals surface area contributed by atoms with Crippen molar-refractivity contribution in [2.75, 3.05) is 19.7 Å². The molecule has 0 N–H and O–H groups in total. The van der Waals surface area contributed by atoms with Gasteiger partial charge in [0.25, 0.3) is 5.91 Å². The van der Waals surface area contributed by atoms with E-state index in [1.54, 1.807) is 24.8 Å². The van der Waals surface area contributed by atoms with Crippen molar-refractivity contribution in [3.05, 3.63) is 48.6 Å². The molecule has 26 heavy (non-hydrogen) atoms. The highest BCUT2D eigenvalue weighted by Gasteiger charge is 2.29. The van der Waals surface area contributed by atoms with Gasteiger partial charge in [-0.3, -0.25) is 4.79 Å². The van der Waals surface area contributed by atoms with Gasteiger partial charge in [0.15, 0.2) is 12.2 Å². The van der Waals surface area contributed by atoms with Crippen molar-refractivity contribution in [2.45, 2.75) is 45.3 Å². The van der Waals surface area contributed by atoms with Gasteiger partial charge in [0.2, 0.25) is 0 Å². The topological polar surface area (TPSA) is 55.8 Å². The lowest BCUT2D eigenvalue weighted by molar-refractivity contribution is -0.167. The Hall–Kier alpha value is -2.14. The van der Waals surface area contributed by atoms with Gasteiger partial charge in [0, 0.05) is 13.1 Å². The Morgan fingerprint density at radius 1 is 1.19 bits per heavy atom. The summed E-state index contributed by atoms with van der Waals surface area (Å²) in [4.78, 5) is 26.3. The first-order valence-electron chi connectivity index (χ1n) is 9.27. The molecule has 1 aliphatic heterocycles. The summed E-state index contributed by atoms with van der Waals surface area (Å²) < 4.78 is 10.5. The number of rotatable bonds is 8. The van der Waals surface area contributed by atoms with E-state index in [0.29, 0.717) is 19.0 Å². The number of hydrogen-bond donors (Lipinski definition) is 0. The molecule has 2 unspecified atom stereocenters. The fraction of sp³-hybridized carbons (Fsp3) is 0.524. The van der Waals surface area contributed by atoms with Crippen LogP contribution in [0, 0.1) is 5.92 Å². The third kappa shape index (κ3) is 5.99. The molecule has 1 aliphatic rings. The van der Waals surface area contributed by atoms with Gasteiger partial charge in [0.05, 0.1) is 6.61 Å². The van der Waals surface area contributed by atoms with Crippen molar-refractivity contribution in [1.82, 2.24) is 4.90 Å². The minimum atomic E-state index is -0.789. The van der Waals surface area contributed by atoms with Gasteiger partial charge in [-0.2, -0.15) is 0 Å². The average molecular weight is 359 g/mol. The predicted molar refractivity (Wildman–Crippen MR) is 101 cm³/mol. The lowest BCUT2D eigenvalue weighted by Crippen LogP contribution is -2.45. The summed E-state index contributed by atoms with van der Waals surface area (Å²) in [5.74, 6) is -0.0641. The maximum Gasteiger partial charge on any atom is 0.335 e. The summed E-state index contributed by atoms with van der Waals surface area (Å²) >= 11 is 0. The number of esters is 1. The van der Waals surface area contributed by atoms with E-state index in [2.05, 4.69) is 30.8 Å². The van der Waals surface area contributed by atoms with Crippen LogP contribution in [-0.2, 0) is 25.5 Å². The zero-order valence-corrected chi connectivity index (χ0v) is 15.7. The van der Waals surface area contributed by atoms with Crippen LogP contribution in [0.15, 0.2) is 43.0 Å². The van der Waals surface area contributed by atoms with E-state index in [0.717, 1.165) is 19.3 Å². The highest BCUT2D eigenvalue weighted by molar-refractivity contribution is 5.84.